The number of hydrogen-bond donors (Lipinski definition) is 1. The van der Waals surface area contributed by atoms with Crippen molar-refractivity contribution in [2.75, 3.05) is 20.3 Å². The van der Waals surface area contributed by atoms with Crippen molar-refractivity contribution in [2.24, 2.45) is 5.92 Å². The molecule has 1 N–H and O–H groups in total. The van der Waals surface area contributed by atoms with Crippen molar-refractivity contribution < 1.29 is 33.0 Å². The fourth-order valence-electron chi connectivity index (χ4n) is 3.11. The summed E-state index contributed by atoms with van der Waals surface area (Å²) in [7, 11) is 1.28. The average molecular weight is 409 g/mol. The molecular formula is C21H28FNO6. The zero-order valence-electron chi connectivity index (χ0n) is 17.0. The number of ketones is 1. The first kappa shape index (κ1) is 23.0. The summed E-state index contributed by atoms with van der Waals surface area (Å²) in [5, 5.41) is 2.71. The molecule has 1 unspecified atom stereocenters. The number of carbonyl (C=O) groups is 3. The van der Waals surface area contributed by atoms with E-state index in [1.807, 2.05) is 0 Å². The Morgan fingerprint density at radius 2 is 1.83 bits per heavy atom. The average Bonchev–Trinajstić information content (AvgIpc) is 2.71. The van der Waals surface area contributed by atoms with Gasteiger partial charge >= 0.3 is 5.97 Å². The third-order valence-electron chi connectivity index (χ3n) is 5.00. The van der Waals surface area contributed by atoms with E-state index in [1.165, 1.54) is 45.2 Å². The van der Waals surface area contributed by atoms with Gasteiger partial charge in [-0.3, -0.25) is 9.59 Å². The van der Waals surface area contributed by atoms with E-state index in [9.17, 15) is 18.8 Å². The summed E-state index contributed by atoms with van der Waals surface area (Å²) in [4.78, 5) is 35.7. The highest BCUT2D eigenvalue weighted by atomic mass is 19.1. The van der Waals surface area contributed by atoms with Gasteiger partial charge in [0.05, 0.1) is 26.4 Å². The molecule has 0 aromatic heterocycles. The van der Waals surface area contributed by atoms with E-state index >= 15 is 0 Å². The molecule has 160 valence electrons. The minimum Gasteiger partial charge on any atom is -0.465 e. The SMILES string of the molecule is COC(=O)[C@]1(C)OC[C@H](CCCCC(NC(=O)c2ccc(F)cc2)C(C)=O)CO1. The summed E-state index contributed by atoms with van der Waals surface area (Å²) in [5.41, 5.74) is 0.308. The second-order valence-electron chi connectivity index (χ2n) is 7.35. The minimum atomic E-state index is -1.35. The van der Waals surface area contributed by atoms with Crippen molar-refractivity contribution in [3.63, 3.8) is 0 Å². The summed E-state index contributed by atoms with van der Waals surface area (Å²) >= 11 is 0. The summed E-state index contributed by atoms with van der Waals surface area (Å²) < 4.78 is 28.7. The molecule has 1 fully saturated rings. The highest BCUT2D eigenvalue weighted by molar-refractivity contribution is 5.97. The summed E-state index contributed by atoms with van der Waals surface area (Å²) in [6.07, 6.45) is 2.88. The quantitative estimate of drug-likeness (QED) is 0.498. The molecule has 1 amide bonds. The second-order valence-corrected chi connectivity index (χ2v) is 7.35. The molecule has 7 nitrogen and oxygen atoms in total. The Morgan fingerprint density at radius 1 is 1.21 bits per heavy atom. The molecule has 1 saturated heterocycles. The van der Waals surface area contributed by atoms with Gasteiger partial charge in [-0.05, 0) is 44.0 Å². The smallest absolute Gasteiger partial charge is 0.366 e. The summed E-state index contributed by atoms with van der Waals surface area (Å²) in [6, 6.07) is 4.59. The van der Waals surface area contributed by atoms with Crippen LogP contribution in [0.1, 0.15) is 49.9 Å². The number of nitrogens with one attached hydrogen (secondary N) is 1. The molecule has 29 heavy (non-hydrogen) atoms. The molecule has 0 saturated carbocycles. The van der Waals surface area contributed by atoms with E-state index in [4.69, 9.17) is 9.47 Å². The van der Waals surface area contributed by atoms with Gasteiger partial charge in [0.2, 0.25) is 0 Å². The van der Waals surface area contributed by atoms with Crippen LogP contribution in [0.15, 0.2) is 24.3 Å². The predicted molar refractivity (Wildman–Crippen MR) is 103 cm³/mol. The maximum absolute atomic E-state index is 13.0. The van der Waals surface area contributed by atoms with Gasteiger partial charge in [-0.25, -0.2) is 9.18 Å². The van der Waals surface area contributed by atoms with Crippen LogP contribution in [0.5, 0.6) is 0 Å². The van der Waals surface area contributed by atoms with Crippen LogP contribution >= 0.6 is 0 Å². The Morgan fingerprint density at radius 3 is 2.38 bits per heavy atom. The van der Waals surface area contributed by atoms with Crippen LogP contribution in [0, 0.1) is 11.7 Å². The molecule has 1 aromatic carbocycles. The van der Waals surface area contributed by atoms with E-state index in [1.54, 1.807) is 0 Å². The number of hydrogen-bond acceptors (Lipinski definition) is 6. The lowest BCUT2D eigenvalue weighted by molar-refractivity contribution is -0.272. The molecule has 1 aliphatic heterocycles. The van der Waals surface area contributed by atoms with Crippen molar-refractivity contribution in [2.45, 2.75) is 51.4 Å². The first-order valence-corrected chi connectivity index (χ1v) is 9.68. The minimum absolute atomic E-state index is 0.126. The summed E-state index contributed by atoms with van der Waals surface area (Å²) in [5.74, 6) is -2.71. The van der Waals surface area contributed by atoms with Gasteiger partial charge in [-0.15, -0.1) is 0 Å². The van der Waals surface area contributed by atoms with Crippen molar-refractivity contribution >= 4 is 17.7 Å². The molecule has 0 radical (unpaired) electrons. The number of methoxy groups -OCH3 is 1. The van der Waals surface area contributed by atoms with Crippen LogP contribution in [0.2, 0.25) is 0 Å². The Hall–Kier alpha value is -2.32. The highest BCUT2D eigenvalue weighted by Crippen LogP contribution is 2.25. The zero-order valence-corrected chi connectivity index (χ0v) is 17.0. The Labute approximate surface area is 169 Å². The standard InChI is InChI=1S/C21H28FNO6/c1-14(24)18(23-19(25)16-8-10-17(22)11-9-16)7-5-4-6-15-12-28-21(2,29-13-15)20(26)27-3/h8-11,15,18H,4-7,12-13H2,1-3H3,(H,23,25)/t15-,18?,21+. The first-order valence-electron chi connectivity index (χ1n) is 9.68. The van der Waals surface area contributed by atoms with Crippen LogP contribution in [0.25, 0.3) is 0 Å². The van der Waals surface area contributed by atoms with Crippen molar-refractivity contribution in [1.82, 2.24) is 5.32 Å². The fourth-order valence-corrected chi connectivity index (χ4v) is 3.11. The normalized spacial score (nSPS) is 22.6. The van der Waals surface area contributed by atoms with E-state index in [2.05, 4.69) is 10.1 Å². The number of unbranched alkanes of at least 4 members (excludes halogenated alkanes) is 1. The first-order chi connectivity index (χ1) is 13.7. The molecule has 0 spiro atoms. The monoisotopic (exact) mass is 409 g/mol. The number of ether oxygens (including phenoxy) is 3. The lowest BCUT2D eigenvalue weighted by atomic mass is 9.98. The van der Waals surface area contributed by atoms with Crippen molar-refractivity contribution in [3.05, 3.63) is 35.6 Å². The van der Waals surface area contributed by atoms with E-state index in [-0.39, 0.29) is 11.7 Å². The Kier molecular flexibility index (Phi) is 8.28. The number of halogens is 1. The van der Waals surface area contributed by atoms with Gasteiger partial charge in [-0.2, -0.15) is 0 Å². The Balaban J connectivity index is 1.73. The third-order valence-corrected chi connectivity index (χ3v) is 5.00. The van der Waals surface area contributed by atoms with Crippen LogP contribution in [0.3, 0.4) is 0 Å². The molecule has 0 aliphatic carbocycles. The van der Waals surface area contributed by atoms with Crippen LogP contribution < -0.4 is 5.32 Å². The van der Waals surface area contributed by atoms with Gasteiger partial charge in [0.25, 0.3) is 11.7 Å². The molecule has 1 atom stereocenters. The van der Waals surface area contributed by atoms with Crippen LogP contribution in [-0.2, 0) is 23.8 Å². The zero-order chi connectivity index (χ0) is 21.4. The number of benzene rings is 1. The number of rotatable bonds is 9. The second kappa shape index (κ2) is 10.5. The topological polar surface area (TPSA) is 90.9 Å². The van der Waals surface area contributed by atoms with Crippen molar-refractivity contribution in [1.29, 1.82) is 0 Å². The number of amides is 1. The lowest BCUT2D eigenvalue weighted by Crippen LogP contribution is -2.48. The fraction of sp³-hybridized carbons (Fsp3) is 0.571. The van der Waals surface area contributed by atoms with Crippen molar-refractivity contribution in [3.8, 4) is 0 Å². The molecule has 0 bridgehead atoms. The van der Waals surface area contributed by atoms with Gasteiger partial charge in [0.1, 0.15) is 5.82 Å². The van der Waals surface area contributed by atoms with Gasteiger partial charge in [0.15, 0.2) is 5.78 Å². The summed E-state index contributed by atoms with van der Waals surface area (Å²) in [6.45, 7) is 3.76. The molecule has 1 aliphatic rings. The lowest BCUT2D eigenvalue weighted by Gasteiger charge is -2.35. The van der Waals surface area contributed by atoms with E-state index in [0.29, 0.717) is 25.2 Å². The number of carbonyl (C=O) groups excluding carboxylic acids is 3. The van der Waals surface area contributed by atoms with E-state index in [0.717, 1.165) is 19.3 Å². The van der Waals surface area contributed by atoms with Gasteiger partial charge in [0, 0.05) is 18.4 Å². The van der Waals surface area contributed by atoms with E-state index < -0.39 is 29.5 Å². The molecule has 8 heteroatoms. The largest absolute Gasteiger partial charge is 0.465 e. The molecule has 2 rings (SSSR count). The maximum Gasteiger partial charge on any atom is 0.366 e. The predicted octanol–water partition coefficient (Wildman–Crippen LogP) is 2.63. The van der Waals surface area contributed by atoms with Crippen LogP contribution in [-0.4, -0.2) is 49.8 Å². The Bertz CT molecular complexity index is 712. The highest BCUT2D eigenvalue weighted by Gasteiger charge is 2.41. The molecular weight excluding hydrogens is 381 g/mol. The number of esters is 1. The molecule has 1 aromatic rings. The molecule has 1 heterocycles. The number of Topliss-reactive ketones (excluding diaryl/α,β-unsaturated/α-hetero) is 1. The third kappa shape index (κ3) is 6.61. The van der Waals surface area contributed by atoms with Gasteiger partial charge < -0.3 is 19.5 Å². The van der Waals surface area contributed by atoms with Gasteiger partial charge in [-0.1, -0.05) is 12.8 Å². The van der Waals surface area contributed by atoms with Crippen LogP contribution in [0.4, 0.5) is 4.39 Å². The maximum atomic E-state index is 13.0.